The number of pyridine rings is 1. The highest BCUT2D eigenvalue weighted by Crippen LogP contribution is 2.33. The number of hydrogen-bond donors (Lipinski definition) is 1. The molecule has 1 aromatic carbocycles. The molecule has 174 valence electrons. The standard InChI is InChI=1S/C27H34FN5/c1-17(2)32-27-21(12-19(4)26-18(3)6-7-25(28)20(26)5)13-22(14-30-27)23-15-31-33(16-23)24-8-10-29-11-9-24/h6-7,13-16,19,24,29H,8-12H2,1-5H3. The van der Waals surface area contributed by atoms with Gasteiger partial charge in [-0.1, -0.05) is 13.0 Å². The zero-order valence-electron chi connectivity index (χ0n) is 20.3. The molecule has 0 amide bonds. The van der Waals surface area contributed by atoms with Gasteiger partial charge in [0.1, 0.15) is 5.82 Å². The van der Waals surface area contributed by atoms with Gasteiger partial charge in [-0.3, -0.25) is 4.68 Å². The van der Waals surface area contributed by atoms with Gasteiger partial charge in [0.05, 0.1) is 12.2 Å². The average molecular weight is 448 g/mol. The summed E-state index contributed by atoms with van der Waals surface area (Å²) < 4.78 is 16.4. The summed E-state index contributed by atoms with van der Waals surface area (Å²) in [6, 6.07) is 6.05. The van der Waals surface area contributed by atoms with Gasteiger partial charge in [0.2, 0.25) is 0 Å². The fourth-order valence-corrected chi connectivity index (χ4v) is 4.91. The van der Waals surface area contributed by atoms with Crippen LogP contribution in [0.15, 0.2) is 41.8 Å². The number of nitrogens with one attached hydrogen (secondary N) is 1. The Kier molecular flexibility index (Phi) is 7.03. The molecule has 1 unspecified atom stereocenters. The lowest BCUT2D eigenvalue weighted by atomic mass is 9.87. The Morgan fingerprint density at radius 2 is 1.94 bits per heavy atom. The highest BCUT2D eigenvalue weighted by atomic mass is 19.1. The van der Waals surface area contributed by atoms with E-state index >= 15 is 0 Å². The lowest BCUT2D eigenvalue weighted by Crippen LogP contribution is -2.29. The van der Waals surface area contributed by atoms with Crippen LogP contribution in [-0.2, 0) is 6.42 Å². The number of aliphatic imine (C=N–C) groups is 1. The molecule has 1 aliphatic heterocycles. The first-order valence-electron chi connectivity index (χ1n) is 11.8. The molecule has 1 atom stereocenters. The van der Waals surface area contributed by atoms with Crippen LogP contribution in [-0.4, -0.2) is 33.6 Å². The monoisotopic (exact) mass is 447 g/mol. The minimum Gasteiger partial charge on any atom is -0.317 e. The summed E-state index contributed by atoms with van der Waals surface area (Å²) in [5, 5.41) is 8.06. The third-order valence-electron chi connectivity index (χ3n) is 6.58. The largest absolute Gasteiger partial charge is 0.317 e. The smallest absolute Gasteiger partial charge is 0.154 e. The molecular formula is C27H34FN5. The second kappa shape index (κ2) is 9.96. The number of halogens is 1. The summed E-state index contributed by atoms with van der Waals surface area (Å²) >= 11 is 0. The second-order valence-corrected chi connectivity index (χ2v) is 9.46. The van der Waals surface area contributed by atoms with Crippen LogP contribution in [0.25, 0.3) is 11.1 Å². The Balaban J connectivity index is 1.67. The van der Waals surface area contributed by atoms with Crippen LogP contribution in [0.5, 0.6) is 0 Å². The number of hydrogen-bond acceptors (Lipinski definition) is 4. The van der Waals surface area contributed by atoms with Gasteiger partial charge in [0.25, 0.3) is 0 Å². The Morgan fingerprint density at radius 3 is 2.67 bits per heavy atom. The topological polar surface area (TPSA) is 55.1 Å². The summed E-state index contributed by atoms with van der Waals surface area (Å²) in [6.45, 7) is 12.1. The predicted molar refractivity (Wildman–Crippen MR) is 133 cm³/mol. The third kappa shape index (κ3) is 5.22. The van der Waals surface area contributed by atoms with Crippen molar-refractivity contribution in [3.8, 4) is 11.1 Å². The summed E-state index contributed by atoms with van der Waals surface area (Å²) in [4.78, 5) is 9.40. The molecule has 5 nitrogen and oxygen atoms in total. The number of aromatic nitrogens is 3. The molecule has 0 bridgehead atoms. The Labute approximate surface area is 196 Å². The van der Waals surface area contributed by atoms with Gasteiger partial charge >= 0.3 is 0 Å². The van der Waals surface area contributed by atoms with E-state index in [0.717, 1.165) is 77.3 Å². The van der Waals surface area contributed by atoms with E-state index in [1.165, 1.54) is 0 Å². The van der Waals surface area contributed by atoms with Crippen LogP contribution in [0.3, 0.4) is 0 Å². The first-order chi connectivity index (χ1) is 15.8. The molecule has 1 aliphatic rings. The quantitative estimate of drug-likeness (QED) is 0.466. The molecule has 0 radical (unpaired) electrons. The van der Waals surface area contributed by atoms with Crippen molar-refractivity contribution in [1.82, 2.24) is 20.1 Å². The van der Waals surface area contributed by atoms with Crippen molar-refractivity contribution in [3.63, 3.8) is 0 Å². The van der Waals surface area contributed by atoms with Gasteiger partial charge in [-0.25, -0.2) is 14.4 Å². The molecule has 1 N–H and O–H groups in total. The van der Waals surface area contributed by atoms with Crippen molar-refractivity contribution in [2.24, 2.45) is 4.99 Å². The average Bonchev–Trinajstić information content (AvgIpc) is 3.28. The van der Waals surface area contributed by atoms with E-state index in [4.69, 9.17) is 4.98 Å². The maximum Gasteiger partial charge on any atom is 0.154 e. The number of benzene rings is 1. The zero-order chi connectivity index (χ0) is 23.5. The molecule has 6 heteroatoms. The molecule has 0 spiro atoms. The molecule has 3 aromatic rings. The molecule has 1 saturated heterocycles. The van der Waals surface area contributed by atoms with Crippen molar-refractivity contribution in [2.45, 2.75) is 65.8 Å². The SMILES string of the molecule is CC(C)=Nc1ncc(-c2cnn(C3CCNCC3)c2)cc1CC(C)c1c(C)ccc(F)c1C. The van der Waals surface area contributed by atoms with Gasteiger partial charge in [-0.05, 0) is 100 Å². The first kappa shape index (κ1) is 23.3. The highest BCUT2D eigenvalue weighted by Gasteiger charge is 2.19. The normalized spacial score (nSPS) is 15.5. The maximum absolute atomic E-state index is 14.3. The minimum atomic E-state index is -0.151. The lowest BCUT2D eigenvalue weighted by Gasteiger charge is -2.22. The summed E-state index contributed by atoms with van der Waals surface area (Å²) in [7, 11) is 0. The van der Waals surface area contributed by atoms with Crippen LogP contribution in [0.2, 0.25) is 0 Å². The van der Waals surface area contributed by atoms with E-state index in [-0.39, 0.29) is 11.7 Å². The second-order valence-electron chi connectivity index (χ2n) is 9.46. The van der Waals surface area contributed by atoms with Crippen LogP contribution >= 0.6 is 0 Å². The van der Waals surface area contributed by atoms with Gasteiger partial charge in [-0.2, -0.15) is 5.10 Å². The molecule has 3 heterocycles. The molecule has 0 aliphatic carbocycles. The fourth-order valence-electron chi connectivity index (χ4n) is 4.91. The molecule has 0 saturated carbocycles. The molecular weight excluding hydrogens is 413 g/mol. The Morgan fingerprint density at radius 1 is 1.18 bits per heavy atom. The third-order valence-corrected chi connectivity index (χ3v) is 6.58. The van der Waals surface area contributed by atoms with Crippen molar-refractivity contribution in [3.05, 3.63) is 64.9 Å². The van der Waals surface area contributed by atoms with E-state index in [1.807, 2.05) is 39.2 Å². The molecule has 4 rings (SSSR count). The maximum atomic E-state index is 14.3. The summed E-state index contributed by atoms with van der Waals surface area (Å²) in [6.07, 6.45) is 8.88. The van der Waals surface area contributed by atoms with Crippen LogP contribution in [0, 0.1) is 19.7 Å². The van der Waals surface area contributed by atoms with Gasteiger partial charge in [0, 0.05) is 29.2 Å². The number of nitrogens with zero attached hydrogens (tertiary/aromatic N) is 4. The first-order valence-corrected chi connectivity index (χ1v) is 11.8. The van der Waals surface area contributed by atoms with Crippen LogP contribution in [0.4, 0.5) is 10.2 Å². The number of piperidine rings is 1. The van der Waals surface area contributed by atoms with E-state index < -0.39 is 0 Å². The van der Waals surface area contributed by atoms with Crippen molar-refractivity contribution < 1.29 is 4.39 Å². The Bertz CT molecular complexity index is 1150. The highest BCUT2D eigenvalue weighted by molar-refractivity contribution is 5.82. The molecule has 33 heavy (non-hydrogen) atoms. The van der Waals surface area contributed by atoms with Crippen molar-refractivity contribution in [2.75, 3.05) is 13.1 Å². The van der Waals surface area contributed by atoms with Gasteiger partial charge in [0.15, 0.2) is 5.82 Å². The molecule has 2 aromatic heterocycles. The van der Waals surface area contributed by atoms with Crippen molar-refractivity contribution in [1.29, 1.82) is 0 Å². The number of rotatable bonds is 6. The summed E-state index contributed by atoms with van der Waals surface area (Å²) in [5.74, 6) is 0.728. The fraction of sp³-hybridized carbons (Fsp3) is 0.444. The van der Waals surface area contributed by atoms with Gasteiger partial charge in [-0.15, -0.1) is 0 Å². The van der Waals surface area contributed by atoms with Crippen molar-refractivity contribution >= 4 is 11.5 Å². The lowest BCUT2D eigenvalue weighted by molar-refractivity contribution is 0.343. The van der Waals surface area contributed by atoms with Crippen LogP contribution in [0.1, 0.15) is 67.8 Å². The zero-order valence-corrected chi connectivity index (χ0v) is 20.3. The summed E-state index contributed by atoms with van der Waals surface area (Å²) in [5.41, 5.74) is 7.05. The van der Waals surface area contributed by atoms with Gasteiger partial charge < -0.3 is 5.32 Å². The van der Waals surface area contributed by atoms with E-state index in [1.54, 1.807) is 6.07 Å². The Hall–Kier alpha value is -2.86. The van der Waals surface area contributed by atoms with E-state index in [9.17, 15) is 4.39 Å². The predicted octanol–water partition coefficient (Wildman–Crippen LogP) is 6.08. The number of aryl methyl sites for hydroxylation is 1. The van der Waals surface area contributed by atoms with E-state index in [2.05, 4.69) is 46.2 Å². The minimum absolute atomic E-state index is 0.140. The van der Waals surface area contributed by atoms with E-state index in [0.29, 0.717) is 6.04 Å². The van der Waals surface area contributed by atoms with Crippen LogP contribution < -0.4 is 5.32 Å². The molecule has 1 fully saturated rings.